The van der Waals surface area contributed by atoms with Crippen LogP contribution >= 0.6 is 0 Å². The minimum absolute atomic E-state index is 0.147. The van der Waals surface area contributed by atoms with Crippen molar-refractivity contribution in [3.05, 3.63) is 107 Å². The average Bonchev–Trinajstić information content (AvgIpc) is 3.19. The maximum Gasteiger partial charge on any atom is 0.257 e. The molecule has 1 amide bonds. The Morgan fingerprint density at radius 2 is 1.43 bits per heavy atom. The fourth-order valence-corrected chi connectivity index (χ4v) is 3.04. The summed E-state index contributed by atoms with van der Waals surface area (Å²) < 4.78 is 5.17. The Morgan fingerprint density at radius 1 is 0.857 bits per heavy atom. The first-order chi connectivity index (χ1) is 13.7. The van der Waals surface area contributed by atoms with Gasteiger partial charge in [0.25, 0.3) is 11.8 Å². The van der Waals surface area contributed by atoms with Gasteiger partial charge in [0.05, 0.1) is 6.04 Å². The maximum absolute atomic E-state index is 12.9. The van der Waals surface area contributed by atoms with Crippen LogP contribution in [0, 0.1) is 6.92 Å². The summed E-state index contributed by atoms with van der Waals surface area (Å²) in [7, 11) is 0. The molecule has 28 heavy (non-hydrogen) atoms. The molecule has 0 saturated heterocycles. The smallest absolute Gasteiger partial charge is 0.257 e. The van der Waals surface area contributed by atoms with E-state index >= 15 is 0 Å². The van der Waals surface area contributed by atoms with Gasteiger partial charge in [-0.1, -0.05) is 65.8 Å². The average molecular weight is 369 g/mol. The highest BCUT2D eigenvalue weighted by molar-refractivity contribution is 5.95. The van der Waals surface area contributed by atoms with Crippen molar-refractivity contribution in [2.45, 2.75) is 13.0 Å². The third-order valence-corrected chi connectivity index (χ3v) is 4.46. The second-order valence-electron chi connectivity index (χ2n) is 6.45. The molecule has 4 rings (SSSR count). The third kappa shape index (κ3) is 3.83. The van der Waals surface area contributed by atoms with Gasteiger partial charge in [-0.15, -0.1) is 0 Å². The molecule has 3 aromatic carbocycles. The maximum atomic E-state index is 12.9. The summed E-state index contributed by atoms with van der Waals surface area (Å²) in [5.74, 6) is 0.868. The van der Waals surface area contributed by atoms with Crippen LogP contribution in [-0.4, -0.2) is 16.0 Å². The van der Waals surface area contributed by atoms with Crippen molar-refractivity contribution in [3.63, 3.8) is 0 Å². The van der Waals surface area contributed by atoms with Crippen LogP contribution in [0.4, 0.5) is 0 Å². The highest BCUT2D eigenvalue weighted by atomic mass is 16.5. The lowest BCUT2D eigenvalue weighted by atomic mass is 9.98. The molecule has 0 unspecified atom stereocenters. The molecule has 0 aliphatic carbocycles. The zero-order chi connectivity index (χ0) is 19.3. The number of amides is 1. The molecule has 0 spiro atoms. The van der Waals surface area contributed by atoms with E-state index in [2.05, 4.69) is 15.5 Å². The highest BCUT2D eigenvalue weighted by Gasteiger charge is 2.18. The molecule has 1 heterocycles. The lowest BCUT2D eigenvalue weighted by Gasteiger charge is -2.20. The van der Waals surface area contributed by atoms with Gasteiger partial charge in [0, 0.05) is 11.1 Å². The van der Waals surface area contributed by atoms with Crippen molar-refractivity contribution in [1.82, 2.24) is 15.5 Å². The Labute approximate surface area is 163 Å². The Balaban J connectivity index is 1.58. The normalized spacial score (nSPS) is 10.8. The van der Waals surface area contributed by atoms with E-state index in [9.17, 15) is 4.79 Å². The number of aromatic nitrogens is 2. The van der Waals surface area contributed by atoms with Crippen molar-refractivity contribution in [1.29, 1.82) is 0 Å². The van der Waals surface area contributed by atoms with Crippen molar-refractivity contribution in [3.8, 4) is 11.5 Å². The van der Waals surface area contributed by atoms with E-state index < -0.39 is 0 Å². The molecular formula is C23H19N3O2. The summed E-state index contributed by atoms with van der Waals surface area (Å²) in [5.41, 5.74) is 3.40. The largest absolute Gasteiger partial charge is 0.341 e. The van der Waals surface area contributed by atoms with Crippen molar-refractivity contribution >= 4 is 5.91 Å². The summed E-state index contributed by atoms with van der Waals surface area (Å²) >= 11 is 0. The summed E-state index contributed by atoms with van der Waals surface area (Å²) in [5, 5.41) is 6.93. The second-order valence-corrected chi connectivity index (χ2v) is 6.45. The molecule has 0 aliphatic rings. The molecule has 0 saturated carbocycles. The first-order valence-corrected chi connectivity index (χ1v) is 9.02. The zero-order valence-corrected chi connectivity index (χ0v) is 15.4. The highest BCUT2D eigenvalue weighted by Crippen LogP contribution is 2.23. The van der Waals surface area contributed by atoms with Crippen molar-refractivity contribution < 1.29 is 9.32 Å². The first-order valence-electron chi connectivity index (χ1n) is 9.02. The monoisotopic (exact) mass is 369 g/mol. The van der Waals surface area contributed by atoms with Gasteiger partial charge in [0.15, 0.2) is 5.82 Å². The number of carbonyl (C=O) groups excluding carboxylic acids is 1. The molecule has 4 aromatic rings. The fourth-order valence-electron chi connectivity index (χ4n) is 3.04. The minimum Gasteiger partial charge on any atom is -0.341 e. The van der Waals surface area contributed by atoms with E-state index in [1.54, 1.807) is 19.1 Å². The third-order valence-electron chi connectivity index (χ3n) is 4.46. The number of aryl methyl sites for hydroxylation is 1. The van der Waals surface area contributed by atoms with E-state index in [0.29, 0.717) is 17.3 Å². The van der Waals surface area contributed by atoms with Gasteiger partial charge in [-0.25, -0.2) is 0 Å². The molecule has 1 aromatic heterocycles. The van der Waals surface area contributed by atoms with Crippen LogP contribution in [-0.2, 0) is 0 Å². The predicted octanol–water partition coefficient (Wildman–Crippen LogP) is 4.56. The summed E-state index contributed by atoms with van der Waals surface area (Å²) in [6.45, 7) is 1.77. The summed E-state index contributed by atoms with van der Waals surface area (Å²) in [4.78, 5) is 17.1. The molecule has 1 N–H and O–H groups in total. The van der Waals surface area contributed by atoms with Crippen LogP contribution in [0.15, 0.2) is 89.5 Å². The SMILES string of the molecule is Cc1noc(-c2ccc(C(=O)NC(c3ccccc3)c3ccccc3)cc2)n1. The van der Waals surface area contributed by atoms with E-state index in [-0.39, 0.29) is 11.9 Å². The van der Waals surface area contributed by atoms with E-state index in [1.165, 1.54) is 0 Å². The first kappa shape index (κ1) is 17.7. The van der Waals surface area contributed by atoms with Gasteiger partial charge in [-0.05, 0) is 42.3 Å². The molecule has 0 fully saturated rings. The Hall–Kier alpha value is -3.73. The number of hydrogen-bond donors (Lipinski definition) is 1. The predicted molar refractivity (Wildman–Crippen MR) is 107 cm³/mol. The van der Waals surface area contributed by atoms with E-state index in [1.807, 2.05) is 72.8 Å². The van der Waals surface area contributed by atoms with Gasteiger partial charge in [0.2, 0.25) is 0 Å². The zero-order valence-electron chi connectivity index (χ0n) is 15.4. The lowest BCUT2D eigenvalue weighted by Crippen LogP contribution is -2.29. The van der Waals surface area contributed by atoms with Crippen molar-refractivity contribution in [2.75, 3.05) is 0 Å². The lowest BCUT2D eigenvalue weighted by molar-refractivity contribution is 0.0943. The van der Waals surface area contributed by atoms with Crippen LogP contribution in [0.1, 0.15) is 33.4 Å². The molecule has 0 aliphatic heterocycles. The van der Waals surface area contributed by atoms with E-state index in [4.69, 9.17) is 4.52 Å². The van der Waals surface area contributed by atoms with Gasteiger partial charge in [-0.3, -0.25) is 4.79 Å². The molecule has 5 heteroatoms. The molecule has 0 bridgehead atoms. The number of carbonyl (C=O) groups is 1. The van der Waals surface area contributed by atoms with Gasteiger partial charge in [-0.2, -0.15) is 4.98 Å². The molecule has 0 radical (unpaired) electrons. The van der Waals surface area contributed by atoms with Crippen LogP contribution in [0.3, 0.4) is 0 Å². The number of rotatable bonds is 5. The topological polar surface area (TPSA) is 68.0 Å². The standard InChI is InChI=1S/C23H19N3O2/c1-16-24-23(28-26-16)20-14-12-19(13-15-20)22(27)25-21(17-8-4-2-5-9-17)18-10-6-3-7-11-18/h2-15,21H,1H3,(H,25,27). The Kier molecular flexibility index (Phi) is 4.97. The Bertz CT molecular complexity index is 1020. The number of nitrogens with one attached hydrogen (secondary N) is 1. The second kappa shape index (κ2) is 7.88. The van der Waals surface area contributed by atoms with Crippen LogP contribution in [0.5, 0.6) is 0 Å². The van der Waals surface area contributed by atoms with E-state index in [0.717, 1.165) is 16.7 Å². The van der Waals surface area contributed by atoms with Gasteiger partial charge >= 0.3 is 0 Å². The molecule has 5 nitrogen and oxygen atoms in total. The number of benzene rings is 3. The number of nitrogens with zero attached hydrogens (tertiary/aromatic N) is 2. The van der Waals surface area contributed by atoms with Crippen LogP contribution < -0.4 is 5.32 Å². The van der Waals surface area contributed by atoms with Crippen LogP contribution in [0.25, 0.3) is 11.5 Å². The van der Waals surface area contributed by atoms with Gasteiger partial charge in [0.1, 0.15) is 0 Å². The summed E-state index contributed by atoms with van der Waals surface area (Å²) in [6.07, 6.45) is 0. The van der Waals surface area contributed by atoms with Crippen LogP contribution in [0.2, 0.25) is 0 Å². The minimum atomic E-state index is -0.229. The van der Waals surface area contributed by atoms with Gasteiger partial charge < -0.3 is 9.84 Å². The molecular weight excluding hydrogens is 350 g/mol. The Morgan fingerprint density at radius 3 is 1.93 bits per heavy atom. The van der Waals surface area contributed by atoms with Crippen molar-refractivity contribution in [2.24, 2.45) is 0 Å². The fraction of sp³-hybridized carbons (Fsp3) is 0.0870. The number of hydrogen-bond acceptors (Lipinski definition) is 4. The molecule has 0 atom stereocenters. The quantitative estimate of drug-likeness (QED) is 0.560. The molecule has 138 valence electrons. The summed E-state index contributed by atoms with van der Waals surface area (Å²) in [6, 6.07) is 26.8.